The summed E-state index contributed by atoms with van der Waals surface area (Å²) >= 11 is 0. The largest absolute Gasteiger partial charge is 0.353 e. The topological polar surface area (TPSA) is 75.2 Å². The van der Waals surface area contributed by atoms with Crippen LogP contribution in [0.3, 0.4) is 0 Å². The molecule has 1 saturated heterocycles. The molecule has 1 aromatic heterocycles. The van der Waals surface area contributed by atoms with Crippen molar-refractivity contribution in [1.29, 1.82) is 0 Å². The number of nitrogens with one attached hydrogen (secondary N) is 1. The van der Waals surface area contributed by atoms with Gasteiger partial charge in [0, 0.05) is 13.1 Å². The molecule has 96 valence electrons. The maximum absolute atomic E-state index is 12.3. The SMILES string of the molecule is CCCC1C(=O)NCCN1C(=O)c1ccnnc1. The fourth-order valence-corrected chi connectivity index (χ4v) is 2.10. The normalized spacial score (nSPS) is 19.5. The zero-order chi connectivity index (χ0) is 13.0. The number of aromatic nitrogens is 2. The van der Waals surface area contributed by atoms with E-state index >= 15 is 0 Å². The van der Waals surface area contributed by atoms with Crippen molar-refractivity contribution in [2.24, 2.45) is 0 Å². The van der Waals surface area contributed by atoms with Crippen LogP contribution in [0.5, 0.6) is 0 Å². The number of carbonyl (C=O) groups excluding carboxylic acids is 2. The van der Waals surface area contributed by atoms with E-state index in [9.17, 15) is 9.59 Å². The van der Waals surface area contributed by atoms with Crippen LogP contribution in [0.15, 0.2) is 18.5 Å². The van der Waals surface area contributed by atoms with Gasteiger partial charge >= 0.3 is 0 Å². The second kappa shape index (κ2) is 5.57. The summed E-state index contributed by atoms with van der Waals surface area (Å²) in [6.45, 7) is 3.04. The van der Waals surface area contributed by atoms with Gasteiger partial charge in [-0.25, -0.2) is 0 Å². The average molecular weight is 248 g/mol. The van der Waals surface area contributed by atoms with Gasteiger partial charge < -0.3 is 10.2 Å². The Morgan fingerprint density at radius 1 is 1.56 bits per heavy atom. The molecular formula is C12H16N4O2. The van der Waals surface area contributed by atoms with E-state index in [2.05, 4.69) is 15.5 Å². The van der Waals surface area contributed by atoms with Crippen LogP contribution in [-0.2, 0) is 4.79 Å². The van der Waals surface area contributed by atoms with E-state index in [-0.39, 0.29) is 17.9 Å². The molecule has 1 aromatic rings. The molecule has 1 fully saturated rings. The van der Waals surface area contributed by atoms with Crippen LogP contribution >= 0.6 is 0 Å². The van der Waals surface area contributed by atoms with Crippen LogP contribution < -0.4 is 5.32 Å². The lowest BCUT2D eigenvalue weighted by Crippen LogP contribution is -2.57. The Balaban J connectivity index is 2.19. The van der Waals surface area contributed by atoms with Gasteiger partial charge in [0.15, 0.2) is 0 Å². The minimum Gasteiger partial charge on any atom is -0.353 e. The van der Waals surface area contributed by atoms with Crippen molar-refractivity contribution < 1.29 is 9.59 Å². The van der Waals surface area contributed by atoms with Crippen molar-refractivity contribution in [3.05, 3.63) is 24.0 Å². The second-order valence-corrected chi connectivity index (χ2v) is 4.23. The van der Waals surface area contributed by atoms with E-state index in [0.717, 1.165) is 6.42 Å². The molecule has 1 aliphatic rings. The lowest BCUT2D eigenvalue weighted by atomic mass is 10.1. The molecule has 6 heteroatoms. The van der Waals surface area contributed by atoms with Gasteiger partial charge in [0.2, 0.25) is 5.91 Å². The van der Waals surface area contributed by atoms with Gasteiger partial charge in [-0.2, -0.15) is 10.2 Å². The van der Waals surface area contributed by atoms with Gasteiger partial charge in [0.05, 0.1) is 18.0 Å². The van der Waals surface area contributed by atoms with Crippen molar-refractivity contribution in [1.82, 2.24) is 20.4 Å². The van der Waals surface area contributed by atoms with E-state index < -0.39 is 0 Å². The Bertz CT molecular complexity index is 435. The van der Waals surface area contributed by atoms with E-state index in [1.807, 2.05) is 6.92 Å². The molecule has 0 aromatic carbocycles. The third-order valence-electron chi connectivity index (χ3n) is 2.98. The predicted molar refractivity (Wildman–Crippen MR) is 64.8 cm³/mol. The van der Waals surface area contributed by atoms with E-state index in [1.165, 1.54) is 12.4 Å². The highest BCUT2D eigenvalue weighted by molar-refractivity contribution is 5.97. The minimum absolute atomic E-state index is 0.0709. The Hall–Kier alpha value is -1.98. The summed E-state index contributed by atoms with van der Waals surface area (Å²) in [5, 5.41) is 10.1. The maximum Gasteiger partial charge on any atom is 0.256 e. The van der Waals surface area contributed by atoms with Crippen LogP contribution in [0.4, 0.5) is 0 Å². The number of hydrogen-bond acceptors (Lipinski definition) is 4. The molecule has 0 saturated carbocycles. The van der Waals surface area contributed by atoms with Crippen LogP contribution in [0.1, 0.15) is 30.1 Å². The van der Waals surface area contributed by atoms with Gasteiger partial charge in [0.25, 0.3) is 5.91 Å². The van der Waals surface area contributed by atoms with Crippen LogP contribution in [0.25, 0.3) is 0 Å². The summed E-state index contributed by atoms with van der Waals surface area (Å²) in [5.41, 5.74) is 0.473. The number of nitrogens with zero attached hydrogens (tertiary/aromatic N) is 3. The van der Waals surface area contributed by atoms with Gasteiger partial charge in [-0.05, 0) is 12.5 Å². The molecule has 1 aliphatic heterocycles. The zero-order valence-electron chi connectivity index (χ0n) is 10.3. The number of amides is 2. The molecule has 0 aliphatic carbocycles. The van der Waals surface area contributed by atoms with Gasteiger partial charge in [-0.1, -0.05) is 13.3 Å². The molecule has 6 nitrogen and oxygen atoms in total. The summed E-state index contributed by atoms with van der Waals surface area (Å²) in [7, 11) is 0. The molecule has 0 bridgehead atoms. The Morgan fingerprint density at radius 3 is 3.06 bits per heavy atom. The molecule has 0 spiro atoms. The van der Waals surface area contributed by atoms with Crippen molar-refractivity contribution in [2.45, 2.75) is 25.8 Å². The van der Waals surface area contributed by atoms with Crippen LogP contribution in [0, 0.1) is 0 Å². The highest BCUT2D eigenvalue weighted by Crippen LogP contribution is 2.14. The van der Waals surface area contributed by atoms with Crippen molar-refractivity contribution in [3.63, 3.8) is 0 Å². The fraction of sp³-hybridized carbons (Fsp3) is 0.500. The molecule has 0 radical (unpaired) electrons. The molecular weight excluding hydrogens is 232 g/mol. The van der Waals surface area contributed by atoms with E-state index in [0.29, 0.717) is 25.1 Å². The summed E-state index contributed by atoms with van der Waals surface area (Å²) in [6.07, 6.45) is 4.44. The monoisotopic (exact) mass is 248 g/mol. The minimum atomic E-state index is -0.371. The summed E-state index contributed by atoms with van der Waals surface area (Å²) in [5.74, 6) is -0.225. The number of carbonyl (C=O) groups is 2. The molecule has 1 atom stereocenters. The third-order valence-corrected chi connectivity index (χ3v) is 2.98. The summed E-state index contributed by atoms with van der Waals surface area (Å²) in [6, 6.07) is 1.25. The number of rotatable bonds is 3. The molecule has 18 heavy (non-hydrogen) atoms. The first kappa shape index (κ1) is 12.5. The fourth-order valence-electron chi connectivity index (χ4n) is 2.10. The van der Waals surface area contributed by atoms with Gasteiger partial charge in [0.1, 0.15) is 6.04 Å². The lowest BCUT2D eigenvalue weighted by Gasteiger charge is -2.34. The third kappa shape index (κ3) is 2.47. The van der Waals surface area contributed by atoms with Gasteiger partial charge in [-0.3, -0.25) is 9.59 Å². The lowest BCUT2D eigenvalue weighted by molar-refractivity contribution is -0.128. The summed E-state index contributed by atoms with van der Waals surface area (Å²) in [4.78, 5) is 25.7. The first-order valence-electron chi connectivity index (χ1n) is 6.09. The van der Waals surface area contributed by atoms with Crippen molar-refractivity contribution in [2.75, 3.05) is 13.1 Å². The highest BCUT2D eigenvalue weighted by atomic mass is 16.2. The molecule has 1 unspecified atom stereocenters. The van der Waals surface area contributed by atoms with E-state index in [4.69, 9.17) is 0 Å². The molecule has 2 amide bonds. The standard InChI is InChI=1S/C12H16N4O2/c1-2-3-10-11(17)13-6-7-16(10)12(18)9-4-5-14-15-8-9/h4-5,8,10H,2-3,6-7H2,1H3,(H,13,17). The average Bonchev–Trinajstić information content (AvgIpc) is 2.41. The first-order chi connectivity index (χ1) is 8.74. The predicted octanol–water partition coefficient (Wildman–Crippen LogP) is 0.217. The van der Waals surface area contributed by atoms with Gasteiger partial charge in [-0.15, -0.1) is 0 Å². The van der Waals surface area contributed by atoms with Crippen LogP contribution in [-0.4, -0.2) is 46.0 Å². The molecule has 1 N–H and O–H groups in total. The maximum atomic E-state index is 12.3. The second-order valence-electron chi connectivity index (χ2n) is 4.23. The Morgan fingerprint density at radius 2 is 2.39 bits per heavy atom. The highest BCUT2D eigenvalue weighted by Gasteiger charge is 2.32. The Labute approximate surface area is 105 Å². The van der Waals surface area contributed by atoms with Crippen molar-refractivity contribution in [3.8, 4) is 0 Å². The van der Waals surface area contributed by atoms with Crippen LogP contribution in [0.2, 0.25) is 0 Å². The van der Waals surface area contributed by atoms with Crippen molar-refractivity contribution >= 4 is 11.8 Å². The Kier molecular flexibility index (Phi) is 3.86. The molecule has 2 heterocycles. The number of hydrogen-bond donors (Lipinski definition) is 1. The number of piperazine rings is 1. The molecule has 2 rings (SSSR count). The first-order valence-corrected chi connectivity index (χ1v) is 6.09. The summed E-state index contributed by atoms with van der Waals surface area (Å²) < 4.78 is 0. The smallest absolute Gasteiger partial charge is 0.256 e. The van der Waals surface area contributed by atoms with E-state index in [1.54, 1.807) is 11.0 Å². The zero-order valence-corrected chi connectivity index (χ0v) is 10.3. The quantitative estimate of drug-likeness (QED) is 0.830.